The zero-order valence-corrected chi connectivity index (χ0v) is 9.16. The van der Waals surface area contributed by atoms with Crippen LogP contribution >= 0.6 is 0 Å². The Morgan fingerprint density at radius 2 is 2.27 bits per heavy atom. The van der Waals surface area contributed by atoms with E-state index in [2.05, 4.69) is 22.2 Å². The Balaban J connectivity index is 2.08. The molecule has 1 aliphatic rings. The van der Waals surface area contributed by atoms with Gasteiger partial charge in [0.1, 0.15) is 18.0 Å². The molecule has 0 saturated heterocycles. The number of hydrogen-bond acceptors (Lipinski definition) is 4. The largest absolute Gasteiger partial charge is 0.383 e. The summed E-state index contributed by atoms with van der Waals surface area (Å²) in [6.45, 7) is 3.16. The fourth-order valence-corrected chi connectivity index (χ4v) is 1.64. The molecule has 15 heavy (non-hydrogen) atoms. The van der Waals surface area contributed by atoms with Crippen LogP contribution in [-0.4, -0.2) is 16.5 Å². The van der Waals surface area contributed by atoms with Crippen molar-refractivity contribution in [1.82, 2.24) is 9.97 Å². The van der Waals surface area contributed by atoms with Crippen molar-refractivity contribution in [2.45, 2.75) is 32.6 Å². The van der Waals surface area contributed by atoms with E-state index in [0.29, 0.717) is 5.82 Å². The molecule has 1 aromatic rings. The van der Waals surface area contributed by atoms with E-state index in [-0.39, 0.29) is 0 Å². The van der Waals surface area contributed by atoms with Crippen molar-refractivity contribution in [2.75, 3.05) is 17.6 Å². The van der Waals surface area contributed by atoms with Crippen LogP contribution in [0.25, 0.3) is 0 Å². The predicted octanol–water partition coefficient (Wildman–Crippen LogP) is 1.83. The van der Waals surface area contributed by atoms with Crippen LogP contribution in [0.15, 0.2) is 6.33 Å². The summed E-state index contributed by atoms with van der Waals surface area (Å²) in [5.41, 5.74) is 6.91. The molecular weight excluding hydrogens is 188 g/mol. The number of rotatable bonds is 5. The molecule has 1 heterocycles. The summed E-state index contributed by atoms with van der Waals surface area (Å²) in [4.78, 5) is 8.28. The van der Waals surface area contributed by atoms with Gasteiger partial charge >= 0.3 is 0 Å². The molecule has 0 atom stereocenters. The van der Waals surface area contributed by atoms with Gasteiger partial charge < -0.3 is 11.1 Å². The van der Waals surface area contributed by atoms with E-state index in [0.717, 1.165) is 36.7 Å². The van der Waals surface area contributed by atoms with Crippen molar-refractivity contribution in [1.29, 1.82) is 0 Å². The lowest BCUT2D eigenvalue weighted by Crippen LogP contribution is -2.10. The number of nitrogens with zero attached hydrogens (tertiary/aromatic N) is 2. The Labute approximate surface area is 90.3 Å². The first-order chi connectivity index (χ1) is 7.31. The standard InChI is InChI=1S/C11H18N4/c1-2-3-9-10(12)14-7-15-11(9)13-6-8-4-5-8/h7-8H,2-6H2,1H3,(H3,12,13,14,15). The Morgan fingerprint density at radius 1 is 1.47 bits per heavy atom. The normalized spacial score (nSPS) is 15.3. The minimum Gasteiger partial charge on any atom is -0.383 e. The topological polar surface area (TPSA) is 63.8 Å². The molecule has 0 aromatic carbocycles. The zero-order chi connectivity index (χ0) is 10.7. The molecular formula is C11H18N4. The maximum atomic E-state index is 5.84. The zero-order valence-electron chi connectivity index (χ0n) is 9.16. The molecule has 4 heteroatoms. The number of anilines is 2. The predicted molar refractivity (Wildman–Crippen MR) is 61.7 cm³/mol. The molecule has 2 rings (SSSR count). The van der Waals surface area contributed by atoms with Crippen LogP contribution in [0.4, 0.5) is 11.6 Å². The molecule has 1 fully saturated rings. The number of nitrogens with two attached hydrogens (primary N) is 1. The highest BCUT2D eigenvalue weighted by Crippen LogP contribution is 2.29. The quantitative estimate of drug-likeness (QED) is 0.771. The Morgan fingerprint density at radius 3 is 2.93 bits per heavy atom. The Kier molecular flexibility index (Phi) is 3.04. The van der Waals surface area contributed by atoms with Crippen LogP contribution in [-0.2, 0) is 6.42 Å². The van der Waals surface area contributed by atoms with Crippen molar-refractivity contribution in [3.05, 3.63) is 11.9 Å². The van der Waals surface area contributed by atoms with Crippen molar-refractivity contribution >= 4 is 11.6 Å². The van der Waals surface area contributed by atoms with E-state index in [1.807, 2.05) is 0 Å². The molecule has 0 radical (unpaired) electrons. The summed E-state index contributed by atoms with van der Waals surface area (Å²) in [5, 5.41) is 3.37. The third kappa shape index (κ3) is 2.58. The van der Waals surface area contributed by atoms with Gasteiger partial charge in [0, 0.05) is 12.1 Å². The van der Waals surface area contributed by atoms with Crippen LogP contribution in [0.3, 0.4) is 0 Å². The number of nitrogen functional groups attached to an aromatic ring is 1. The SMILES string of the molecule is CCCc1c(N)ncnc1NCC1CC1. The Bertz CT molecular complexity index is 333. The van der Waals surface area contributed by atoms with Gasteiger partial charge in [0.25, 0.3) is 0 Å². The third-order valence-corrected chi connectivity index (χ3v) is 2.73. The second kappa shape index (κ2) is 4.47. The summed E-state index contributed by atoms with van der Waals surface area (Å²) >= 11 is 0. The molecule has 0 aliphatic heterocycles. The van der Waals surface area contributed by atoms with Crippen molar-refractivity contribution in [2.24, 2.45) is 5.92 Å². The summed E-state index contributed by atoms with van der Waals surface area (Å²) in [7, 11) is 0. The van der Waals surface area contributed by atoms with Crippen LogP contribution in [0.2, 0.25) is 0 Å². The minimum atomic E-state index is 0.616. The second-order valence-corrected chi connectivity index (χ2v) is 4.16. The van der Waals surface area contributed by atoms with Gasteiger partial charge in [-0.1, -0.05) is 13.3 Å². The van der Waals surface area contributed by atoms with E-state index in [1.54, 1.807) is 0 Å². The van der Waals surface area contributed by atoms with E-state index in [1.165, 1.54) is 19.2 Å². The monoisotopic (exact) mass is 206 g/mol. The first-order valence-corrected chi connectivity index (χ1v) is 5.64. The molecule has 1 saturated carbocycles. The lowest BCUT2D eigenvalue weighted by Gasteiger charge is -2.11. The van der Waals surface area contributed by atoms with Crippen LogP contribution in [0, 0.1) is 5.92 Å². The first kappa shape index (κ1) is 10.2. The summed E-state index contributed by atoms with van der Waals surface area (Å²) in [5.74, 6) is 2.39. The van der Waals surface area contributed by atoms with E-state index < -0.39 is 0 Å². The number of hydrogen-bond donors (Lipinski definition) is 2. The van der Waals surface area contributed by atoms with Crippen molar-refractivity contribution in [3.8, 4) is 0 Å². The number of aromatic nitrogens is 2. The van der Waals surface area contributed by atoms with Gasteiger partial charge in [-0.25, -0.2) is 9.97 Å². The highest BCUT2D eigenvalue weighted by atomic mass is 15.0. The molecule has 0 spiro atoms. The lowest BCUT2D eigenvalue weighted by molar-refractivity contribution is 0.861. The van der Waals surface area contributed by atoms with Crippen LogP contribution < -0.4 is 11.1 Å². The molecule has 0 bridgehead atoms. The molecule has 1 aliphatic carbocycles. The average Bonchev–Trinajstić information content (AvgIpc) is 3.03. The maximum Gasteiger partial charge on any atom is 0.134 e. The van der Waals surface area contributed by atoms with Crippen molar-refractivity contribution in [3.63, 3.8) is 0 Å². The van der Waals surface area contributed by atoms with Gasteiger partial charge in [0.05, 0.1) is 0 Å². The van der Waals surface area contributed by atoms with E-state index >= 15 is 0 Å². The second-order valence-electron chi connectivity index (χ2n) is 4.16. The number of nitrogens with one attached hydrogen (secondary N) is 1. The summed E-state index contributed by atoms with van der Waals surface area (Å²) in [6, 6.07) is 0. The van der Waals surface area contributed by atoms with Gasteiger partial charge in [0.15, 0.2) is 0 Å². The van der Waals surface area contributed by atoms with Gasteiger partial charge in [0.2, 0.25) is 0 Å². The van der Waals surface area contributed by atoms with E-state index in [9.17, 15) is 0 Å². The summed E-state index contributed by atoms with van der Waals surface area (Å²) < 4.78 is 0. The van der Waals surface area contributed by atoms with Gasteiger partial charge in [-0.15, -0.1) is 0 Å². The fourth-order valence-electron chi connectivity index (χ4n) is 1.64. The average molecular weight is 206 g/mol. The molecule has 0 unspecified atom stereocenters. The molecule has 0 amide bonds. The van der Waals surface area contributed by atoms with E-state index in [4.69, 9.17) is 5.73 Å². The third-order valence-electron chi connectivity index (χ3n) is 2.73. The van der Waals surface area contributed by atoms with Crippen molar-refractivity contribution < 1.29 is 0 Å². The molecule has 4 nitrogen and oxygen atoms in total. The van der Waals surface area contributed by atoms with Gasteiger partial charge in [-0.2, -0.15) is 0 Å². The smallest absolute Gasteiger partial charge is 0.134 e. The fraction of sp³-hybridized carbons (Fsp3) is 0.636. The molecule has 82 valence electrons. The van der Waals surface area contributed by atoms with Crippen LogP contribution in [0.1, 0.15) is 31.7 Å². The Hall–Kier alpha value is -1.32. The highest BCUT2D eigenvalue weighted by molar-refractivity contribution is 5.55. The first-order valence-electron chi connectivity index (χ1n) is 5.64. The maximum absolute atomic E-state index is 5.84. The van der Waals surface area contributed by atoms with Crippen LogP contribution in [0.5, 0.6) is 0 Å². The summed E-state index contributed by atoms with van der Waals surface area (Å²) in [6.07, 6.45) is 6.23. The minimum absolute atomic E-state index is 0.616. The van der Waals surface area contributed by atoms with Gasteiger partial charge in [-0.3, -0.25) is 0 Å². The lowest BCUT2D eigenvalue weighted by atomic mass is 10.1. The molecule has 1 aromatic heterocycles. The van der Waals surface area contributed by atoms with Gasteiger partial charge in [-0.05, 0) is 25.2 Å². The molecule has 3 N–H and O–H groups in total. The highest BCUT2D eigenvalue weighted by Gasteiger charge is 2.21.